The van der Waals surface area contributed by atoms with E-state index in [-0.39, 0.29) is 28.7 Å². The molecule has 2 aromatic heterocycles. The monoisotopic (exact) mass is 534 g/mol. The Balaban J connectivity index is 1.91. The average Bonchev–Trinajstić information content (AvgIpc) is 3.50. The molecule has 3 amide bonds. The number of hydrogen-bond donors (Lipinski definition) is 4. The minimum Gasteiger partial charge on any atom is -0.395 e. The first-order chi connectivity index (χ1) is 18.2. The highest BCUT2D eigenvalue weighted by molar-refractivity contribution is 7.09. The van der Waals surface area contributed by atoms with Crippen LogP contribution in [0.2, 0.25) is 0 Å². The number of anilines is 2. The molecule has 1 unspecified atom stereocenters. The standard InChI is InChI=1S/C27H30N6O4S/c1-15(2)16-8-10-17(11-9-16)33(27(36)24-21(28)22(25(29)34)32-38-24)23(26(35)30-12-13-37-3)19-14-31-20-7-5-4-6-18(19)20/h4-11,14-15,23,31H,12-13,28H2,1-3H3,(H2,29,34)(H,30,35). The minimum atomic E-state index is -1.08. The van der Waals surface area contributed by atoms with Gasteiger partial charge in [-0.1, -0.05) is 44.2 Å². The first kappa shape index (κ1) is 26.8. The number of aromatic nitrogens is 2. The number of para-hydroxylation sites is 1. The van der Waals surface area contributed by atoms with Crippen LogP contribution in [-0.2, 0) is 9.53 Å². The maximum Gasteiger partial charge on any atom is 0.273 e. The number of methoxy groups -OCH3 is 1. The van der Waals surface area contributed by atoms with Crippen molar-refractivity contribution >= 4 is 51.5 Å². The van der Waals surface area contributed by atoms with E-state index in [4.69, 9.17) is 16.2 Å². The zero-order valence-electron chi connectivity index (χ0n) is 21.4. The molecule has 0 fully saturated rings. The van der Waals surface area contributed by atoms with Crippen LogP contribution < -0.4 is 21.7 Å². The zero-order valence-corrected chi connectivity index (χ0v) is 22.2. The van der Waals surface area contributed by atoms with E-state index in [0.29, 0.717) is 17.9 Å². The van der Waals surface area contributed by atoms with Gasteiger partial charge in [-0.05, 0) is 41.2 Å². The number of primary amides is 1. The molecule has 4 rings (SSSR count). The summed E-state index contributed by atoms with van der Waals surface area (Å²) in [5.74, 6) is -1.56. The summed E-state index contributed by atoms with van der Waals surface area (Å²) in [4.78, 5) is 44.4. The van der Waals surface area contributed by atoms with Crippen molar-refractivity contribution < 1.29 is 19.1 Å². The molecule has 2 aromatic carbocycles. The van der Waals surface area contributed by atoms with Crippen molar-refractivity contribution in [2.75, 3.05) is 30.9 Å². The van der Waals surface area contributed by atoms with Crippen LogP contribution in [0.15, 0.2) is 54.7 Å². The number of rotatable bonds is 10. The molecule has 0 aliphatic carbocycles. The number of benzene rings is 2. The Morgan fingerprint density at radius 2 is 1.84 bits per heavy atom. The quantitative estimate of drug-likeness (QED) is 0.228. The molecule has 0 aliphatic rings. The lowest BCUT2D eigenvalue weighted by molar-refractivity contribution is -0.122. The van der Waals surface area contributed by atoms with Crippen LogP contribution in [0.4, 0.5) is 11.4 Å². The van der Waals surface area contributed by atoms with Gasteiger partial charge in [-0.25, -0.2) is 0 Å². The van der Waals surface area contributed by atoms with Crippen molar-refractivity contribution in [3.05, 3.63) is 76.4 Å². The van der Waals surface area contributed by atoms with Crippen LogP contribution >= 0.6 is 11.5 Å². The molecular formula is C27H30N6O4S. The number of aromatic amines is 1. The molecule has 0 spiro atoms. The topological polar surface area (TPSA) is 156 Å². The van der Waals surface area contributed by atoms with E-state index in [0.717, 1.165) is 28.0 Å². The summed E-state index contributed by atoms with van der Waals surface area (Å²) < 4.78 is 9.10. The predicted octanol–water partition coefficient (Wildman–Crippen LogP) is 3.58. The van der Waals surface area contributed by atoms with Gasteiger partial charge in [0, 0.05) is 42.0 Å². The number of carbonyl (C=O) groups is 3. The second-order valence-corrected chi connectivity index (χ2v) is 9.81. The van der Waals surface area contributed by atoms with E-state index >= 15 is 0 Å². The van der Waals surface area contributed by atoms with Gasteiger partial charge in [0.05, 0.1) is 12.3 Å². The molecule has 1 atom stereocenters. The van der Waals surface area contributed by atoms with Crippen molar-refractivity contribution in [2.45, 2.75) is 25.8 Å². The number of nitrogen functional groups attached to an aromatic ring is 1. The fraction of sp³-hybridized carbons (Fsp3) is 0.259. The van der Waals surface area contributed by atoms with Crippen molar-refractivity contribution in [1.82, 2.24) is 14.7 Å². The van der Waals surface area contributed by atoms with E-state index in [1.54, 1.807) is 18.3 Å². The summed E-state index contributed by atoms with van der Waals surface area (Å²) in [5, 5.41) is 3.66. The fourth-order valence-corrected chi connectivity index (χ4v) is 4.98. The van der Waals surface area contributed by atoms with Gasteiger partial charge in [0.2, 0.25) is 5.91 Å². The molecule has 198 valence electrons. The van der Waals surface area contributed by atoms with Gasteiger partial charge in [-0.3, -0.25) is 19.3 Å². The van der Waals surface area contributed by atoms with Gasteiger partial charge < -0.3 is 26.5 Å². The van der Waals surface area contributed by atoms with E-state index in [1.165, 1.54) is 12.0 Å². The minimum absolute atomic E-state index is 0.0151. The maximum atomic E-state index is 14.2. The molecule has 0 saturated carbocycles. The van der Waals surface area contributed by atoms with Gasteiger partial charge >= 0.3 is 0 Å². The van der Waals surface area contributed by atoms with Crippen LogP contribution in [0.5, 0.6) is 0 Å². The number of fused-ring (bicyclic) bond motifs is 1. The molecular weight excluding hydrogens is 504 g/mol. The first-order valence-corrected chi connectivity index (χ1v) is 12.8. The van der Waals surface area contributed by atoms with Gasteiger partial charge in [0.1, 0.15) is 10.9 Å². The molecule has 4 aromatic rings. The summed E-state index contributed by atoms with van der Waals surface area (Å²) in [6.45, 7) is 4.68. The lowest BCUT2D eigenvalue weighted by Gasteiger charge is -2.31. The number of H-pyrrole nitrogens is 1. The van der Waals surface area contributed by atoms with Gasteiger partial charge in [0.25, 0.3) is 11.8 Å². The summed E-state index contributed by atoms with van der Waals surface area (Å²) in [5.41, 5.74) is 14.2. The van der Waals surface area contributed by atoms with Crippen LogP contribution in [0, 0.1) is 0 Å². The number of amides is 3. The Bertz CT molecular complexity index is 1460. The summed E-state index contributed by atoms with van der Waals surface area (Å²) in [6.07, 6.45) is 1.72. The summed E-state index contributed by atoms with van der Waals surface area (Å²) >= 11 is 0.769. The summed E-state index contributed by atoms with van der Waals surface area (Å²) in [6, 6.07) is 13.9. The number of nitrogens with two attached hydrogens (primary N) is 2. The zero-order chi connectivity index (χ0) is 27.4. The molecule has 0 aliphatic heterocycles. The Kier molecular flexibility index (Phi) is 8.08. The van der Waals surface area contributed by atoms with Crippen LogP contribution in [0.1, 0.15) is 57.1 Å². The Hall–Kier alpha value is -4.22. The Morgan fingerprint density at radius 3 is 2.47 bits per heavy atom. The molecule has 0 radical (unpaired) electrons. The third-order valence-electron chi connectivity index (χ3n) is 6.24. The first-order valence-electron chi connectivity index (χ1n) is 12.1. The smallest absolute Gasteiger partial charge is 0.273 e. The molecule has 0 bridgehead atoms. The Morgan fingerprint density at radius 1 is 1.13 bits per heavy atom. The second-order valence-electron chi connectivity index (χ2n) is 9.04. The number of nitrogens with zero attached hydrogens (tertiary/aromatic N) is 2. The predicted molar refractivity (Wildman–Crippen MR) is 148 cm³/mol. The fourth-order valence-electron chi connectivity index (χ4n) is 4.23. The number of nitrogens with one attached hydrogen (secondary N) is 2. The second kappa shape index (κ2) is 11.4. The molecule has 38 heavy (non-hydrogen) atoms. The third kappa shape index (κ3) is 5.24. The third-order valence-corrected chi connectivity index (χ3v) is 7.09. The van der Waals surface area contributed by atoms with Crippen molar-refractivity contribution in [1.29, 1.82) is 0 Å². The number of ether oxygens (including phenoxy) is 1. The SMILES string of the molecule is COCCNC(=O)C(c1c[nH]c2ccccc12)N(C(=O)c1snc(C(N)=O)c1N)c1ccc(C(C)C)cc1. The maximum absolute atomic E-state index is 14.2. The van der Waals surface area contributed by atoms with Crippen molar-refractivity contribution in [3.8, 4) is 0 Å². The molecule has 0 saturated heterocycles. The van der Waals surface area contributed by atoms with Crippen molar-refractivity contribution in [3.63, 3.8) is 0 Å². The molecule has 6 N–H and O–H groups in total. The largest absolute Gasteiger partial charge is 0.395 e. The van der Waals surface area contributed by atoms with Crippen LogP contribution in [-0.4, -0.2) is 47.3 Å². The van der Waals surface area contributed by atoms with Crippen molar-refractivity contribution in [2.24, 2.45) is 5.73 Å². The summed E-state index contributed by atoms with van der Waals surface area (Å²) in [7, 11) is 1.54. The molecule has 10 nitrogen and oxygen atoms in total. The van der Waals surface area contributed by atoms with Gasteiger partial charge in [-0.2, -0.15) is 4.37 Å². The number of hydrogen-bond acceptors (Lipinski definition) is 7. The van der Waals surface area contributed by atoms with Gasteiger partial charge in [0.15, 0.2) is 5.69 Å². The highest BCUT2D eigenvalue weighted by Crippen LogP contribution is 2.36. The van der Waals surface area contributed by atoms with E-state index in [2.05, 4.69) is 28.5 Å². The lowest BCUT2D eigenvalue weighted by Crippen LogP contribution is -2.44. The lowest BCUT2D eigenvalue weighted by atomic mass is 9.99. The molecule has 2 heterocycles. The van der Waals surface area contributed by atoms with E-state index < -0.39 is 23.8 Å². The Labute approximate surface area is 224 Å². The number of carbonyl (C=O) groups excluding carboxylic acids is 3. The average molecular weight is 535 g/mol. The highest BCUT2D eigenvalue weighted by Gasteiger charge is 2.37. The van der Waals surface area contributed by atoms with Gasteiger partial charge in [-0.15, -0.1) is 0 Å². The highest BCUT2D eigenvalue weighted by atomic mass is 32.1. The van der Waals surface area contributed by atoms with E-state index in [1.807, 2.05) is 36.4 Å². The van der Waals surface area contributed by atoms with Crippen LogP contribution in [0.3, 0.4) is 0 Å². The normalized spacial score (nSPS) is 12.0. The van der Waals surface area contributed by atoms with Crippen LogP contribution in [0.25, 0.3) is 10.9 Å². The van der Waals surface area contributed by atoms with E-state index in [9.17, 15) is 14.4 Å². The molecule has 11 heteroatoms.